The summed E-state index contributed by atoms with van der Waals surface area (Å²) in [5, 5.41) is 9.62. The van der Waals surface area contributed by atoms with Gasteiger partial charge in [-0.2, -0.15) is 0 Å². The lowest BCUT2D eigenvalue weighted by molar-refractivity contribution is -0.200. The zero-order chi connectivity index (χ0) is 16.9. The van der Waals surface area contributed by atoms with Crippen LogP contribution in [0.3, 0.4) is 0 Å². The molecule has 0 saturated carbocycles. The summed E-state index contributed by atoms with van der Waals surface area (Å²) in [4.78, 5) is 15.3. The molecule has 0 aliphatic carbocycles. The topological polar surface area (TPSA) is 109 Å². The van der Waals surface area contributed by atoms with Gasteiger partial charge in [0, 0.05) is 0 Å². The van der Waals surface area contributed by atoms with Crippen LogP contribution in [0.25, 0.3) is 0 Å². The zero-order valence-corrected chi connectivity index (χ0v) is 12.1. The molecule has 0 aromatic carbocycles. The highest BCUT2D eigenvalue weighted by atomic mass is 16.8. The molecule has 8 heteroatoms. The Morgan fingerprint density at radius 3 is 2.91 bits per heavy atom. The molecule has 5 atom stereocenters. The van der Waals surface area contributed by atoms with Gasteiger partial charge in [0.1, 0.15) is 24.0 Å². The molecule has 2 aliphatic heterocycles. The van der Waals surface area contributed by atoms with Crippen LogP contribution in [0.2, 0.25) is 0 Å². The molecule has 1 amide bonds. The van der Waals surface area contributed by atoms with Crippen LogP contribution in [-0.4, -0.2) is 51.2 Å². The molecule has 8 nitrogen and oxygen atoms in total. The number of aliphatic hydroxyl groups excluding tert-OH is 1. The van der Waals surface area contributed by atoms with E-state index in [-0.39, 0.29) is 11.4 Å². The summed E-state index contributed by atoms with van der Waals surface area (Å²) >= 11 is 0. The van der Waals surface area contributed by atoms with Crippen LogP contribution in [0.1, 0.15) is 37.6 Å². The maximum Gasteiger partial charge on any atom is 0.270 e. The number of carbonyl (C=O) groups excluding carboxylic acids is 1. The van der Waals surface area contributed by atoms with Gasteiger partial charge in [0.05, 0.1) is 14.3 Å². The van der Waals surface area contributed by atoms with Gasteiger partial charge in [-0.1, -0.05) is 0 Å². The predicted octanol–water partition coefficient (Wildman–Crippen LogP) is -0.627. The molecule has 3 rings (SSSR count). The highest BCUT2D eigenvalue weighted by molar-refractivity contribution is 5.93. The third-order valence-electron chi connectivity index (χ3n) is 3.65. The smallest absolute Gasteiger partial charge is 0.270 e. The van der Waals surface area contributed by atoms with Crippen molar-refractivity contribution >= 4 is 5.91 Å². The number of nitrogens with zero attached hydrogens (tertiary/aromatic N) is 2. The Kier molecular flexibility index (Phi) is 3.16. The highest BCUT2D eigenvalue weighted by Gasteiger charge is 2.56. The molecule has 2 fully saturated rings. The molecular formula is C14H17N3O5. The first-order chi connectivity index (χ1) is 10.7. The van der Waals surface area contributed by atoms with E-state index < -0.39 is 42.8 Å². The van der Waals surface area contributed by atoms with Crippen molar-refractivity contribution in [2.24, 2.45) is 5.73 Å². The third-order valence-corrected chi connectivity index (χ3v) is 3.65. The Morgan fingerprint density at radius 1 is 1.64 bits per heavy atom. The van der Waals surface area contributed by atoms with E-state index in [1.807, 2.05) is 0 Å². The van der Waals surface area contributed by atoms with Crippen LogP contribution in [-0.2, 0) is 14.2 Å². The van der Waals surface area contributed by atoms with E-state index in [1.54, 1.807) is 13.8 Å². The van der Waals surface area contributed by atoms with Crippen molar-refractivity contribution < 1.29 is 25.5 Å². The number of imidazole rings is 1. The van der Waals surface area contributed by atoms with Crippen molar-refractivity contribution in [3.05, 3.63) is 17.7 Å². The number of hydrogen-bond acceptors (Lipinski definition) is 6. The Labute approximate surface area is 128 Å². The summed E-state index contributed by atoms with van der Waals surface area (Å²) in [5.74, 6) is 0.709. The van der Waals surface area contributed by atoms with Crippen molar-refractivity contribution in [2.45, 2.75) is 44.2 Å². The lowest BCUT2D eigenvalue weighted by atomic mass is 10.1. The molecule has 118 valence electrons. The lowest BCUT2D eigenvalue weighted by Crippen LogP contribution is -2.31. The first-order valence-corrected chi connectivity index (χ1v) is 6.70. The maximum atomic E-state index is 11.4. The van der Waals surface area contributed by atoms with Crippen molar-refractivity contribution in [2.75, 3.05) is 6.58 Å². The summed E-state index contributed by atoms with van der Waals surface area (Å²) in [6, 6.07) is 0. The number of hydrogen-bond donors (Lipinski definition) is 2. The standard InChI is InChI=1S/C14H17N3O5/c1-4-7-9(12(15)19)16-6-17(7)13-11-10(8(5-18)20-13)21-14(2,3)22-11/h1,6,8,10-11,13,18H,5H2,2-3H3,(H2,15,19)/t8-,10-,11-,13-/m1/s1/i5T/t5?,8-,10-,11-,13-. The third kappa shape index (κ3) is 2.19. The normalized spacial score (nSPS) is 34.7. The average molecular weight is 309 g/mol. The SMILES string of the molecule is [3H]C(O)[C@H]1O[C@@H](n2cnc(C(N)=O)c2C#C)[C@@H]2OC(C)(C)O[C@@H]21. The lowest BCUT2D eigenvalue weighted by Gasteiger charge is -2.24. The predicted molar refractivity (Wildman–Crippen MR) is 73.5 cm³/mol. The van der Waals surface area contributed by atoms with Gasteiger partial charge >= 0.3 is 0 Å². The molecular weight excluding hydrogens is 290 g/mol. The molecule has 3 N–H and O–H groups in total. The number of aromatic nitrogens is 2. The molecule has 1 unspecified atom stereocenters. The van der Waals surface area contributed by atoms with E-state index in [0.29, 0.717) is 0 Å². The van der Waals surface area contributed by atoms with Crippen LogP contribution in [0.15, 0.2) is 6.33 Å². The van der Waals surface area contributed by atoms with Crippen LogP contribution >= 0.6 is 0 Å². The van der Waals surface area contributed by atoms with E-state index in [1.165, 1.54) is 10.9 Å². The molecule has 3 heterocycles. The van der Waals surface area contributed by atoms with Gasteiger partial charge < -0.3 is 25.1 Å². The van der Waals surface area contributed by atoms with Crippen molar-refractivity contribution in [1.82, 2.24) is 9.55 Å². The molecule has 0 spiro atoms. The number of nitrogens with two attached hydrogens (primary N) is 1. The number of ether oxygens (including phenoxy) is 3. The van der Waals surface area contributed by atoms with Crippen LogP contribution < -0.4 is 5.73 Å². The number of carbonyl (C=O) groups is 1. The van der Waals surface area contributed by atoms with E-state index >= 15 is 0 Å². The Hall–Kier alpha value is -1.92. The maximum absolute atomic E-state index is 11.4. The van der Waals surface area contributed by atoms with E-state index in [2.05, 4.69) is 10.9 Å². The van der Waals surface area contributed by atoms with Crippen molar-refractivity contribution in [3.8, 4) is 12.3 Å². The summed E-state index contributed by atoms with van der Waals surface area (Å²) in [7, 11) is 0. The van der Waals surface area contributed by atoms with Gasteiger partial charge in [0.2, 0.25) is 0 Å². The van der Waals surface area contributed by atoms with Gasteiger partial charge in [-0.15, -0.1) is 6.42 Å². The Morgan fingerprint density at radius 2 is 2.32 bits per heavy atom. The molecule has 0 radical (unpaired) electrons. The Bertz CT molecular complexity index is 680. The van der Waals surface area contributed by atoms with Gasteiger partial charge in [0.25, 0.3) is 5.91 Å². The largest absolute Gasteiger partial charge is 0.394 e. The number of aliphatic hydroxyl groups is 1. The Balaban J connectivity index is 2.01. The van der Waals surface area contributed by atoms with Crippen LogP contribution in [0.5, 0.6) is 0 Å². The molecule has 1 aromatic heterocycles. The summed E-state index contributed by atoms with van der Waals surface area (Å²) in [6.07, 6.45) is 3.80. The number of fused-ring (bicyclic) bond motifs is 1. The average Bonchev–Trinajstić information content (AvgIpc) is 3.07. The number of terminal acetylenes is 1. The molecule has 22 heavy (non-hydrogen) atoms. The van der Waals surface area contributed by atoms with Gasteiger partial charge in [-0.05, 0) is 19.8 Å². The van der Waals surface area contributed by atoms with Crippen LogP contribution in [0.4, 0.5) is 0 Å². The fourth-order valence-electron chi connectivity index (χ4n) is 2.83. The van der Waals surface area contributed by atoms with Crippen molar-refractivity contribution in [1.29, 1.82) is 0 Å². The van der Waals surface area contributed by atoms with Gasteiger partial charge in [-0.25, -0.2) is 4.98 Å². The second kappa shape index (κ2) is 5.07. The van der Waals surface area contributed by atoms with E-state index in [9.17, 15) is 9.90 Å². The number of rotatable bonds is 3. The minimum absolute atomic E-state index is 0.0549. The second-order valence-electron chi connectivity index (χ2n) is 5.56. The second-order valence-corrected chi connectivity index (χ2v) is 5.56. The first kappa shape index (κ1) is 13.7. The number of primary amides is 1. The summed E-state index contributed by atoms with van der Waals surface area (Å²) < 4.78 is 26.2. The summed E-state index contributed by atoms with van der Waals surface area (Å²) in [6.45, 7) is 1.93. The van der Waals surface area contributed by atoms with Crippen molar-refractivity contribution in [3.63, 3.8) is 0 Å². The fraction of sp³-hybridized carbons (Fsp3) is 0.571. The van der Waals surface area contributed by atoms with Gasteiger partial charge in [-0.3, -0.25) is 9.36 Å². The minimum atomic E-state index is -1.52. The fourth-order valence-corrected chi connectivity index (χ4v) is 2.83. The first-order valence-electron chi connectivity index (χ1n) is 7.27. The highest BCUT2D eigenvalue weighted by Crippen LogP contribution is 2.43. The minimum Gasteiger partial charge on any atom is -0.394 e. The summed E-state index contributed by atoms with van der Waals surface area (Å²) in [5.41, 5.74) is 5.34. The zero-order valence-electron chi connectivity index (χ0n) is 13.1. The van der Waals surface area contributed by atoms with Crippen LogP contribution in [0, 0.1) is 12.3 Å². The van der Waals surface area contributed by atoms with Gasteiger partial charge in [0.15, 0.2) is 17.7 Å². The quantitative estimate of drug-likeness (QED) is 0.720. The molecule has 2 aliphatic rings. The van der Waals surface area contributed by atoms with E-state index in [4.69, 9.17) is 27.7 Å². The molecule has 1 aromatic rings. The number of amides is 1. The molecule has 0 bridgehead atoms. The molecule has 2 saturated heterocycles. The monoisotopic (exact) mass is 309 g/mol. The van der Waals surface area contributed by atoms with E-state index in [0.717, 1.165) is 0 Å².